The van der Waals surface area contributed by atoms with Crippen molar-refractivity contribution in [3.05, 3.63) is 33.3 Å². The van der Waals surface area contributed by atoms with Crippen molar-refractivity contribution in [2.75, 3.05) is 27.2 Å². The van der Waals surface area contributed by atoms with E-state index in [0.29, 0.717) is 15.6 Å². The predicted molar refractivity (Wildman–Crippen MR) is 104 cm³/mol. The Balaban J connectivity index is 2.05. The molecule has 0 spiro atoms. The normalized spacial score (nSPS) is 16.7. The van der Waals surface area contributed by atoms with Gasteiger partial charge in [-0.1, -0.05) is 35.2 Å². The molecule has 0 bridgehead atoms. The first-order valence-electron chi connectivity index (χ1n) is 8.47. The molecule has 1 aliphatic heterocycles. The Kier molecular flexibility index (Phi) is 7.01. The quantitative estimate of drug-likeness (QED) is 0.797. The molecule has 0 radical (unpaired) electrons. The van der Waals surface area contributed by atoms with Gasteiger partial charge in [-0.2, -0.15) is 0 Å². The second-order valence-electron chi connectivity index (χ2n) is 6.52. The predicted octanol–water partition coefficient (Wildman–Crippen LogP) is 4.16. The van der Waals surface area contributed by atoms with Gasteiger partial charge in [0, 0.05) is 18.7 Å². The summed E-state index contributed by atoms with van der Waals surface area (Å²) >= 11 is 12.7. The summed E-state index contributed by atoms with van der Waals surface area (Å²) in [5.74, 6) is 5.74. The van der Waals surface area contributed by atoms with Crippen LogP contribution in [0.25, 0.3) is 0 Å². The highest BCUT2D eigenvalue weighted by Gasteiger charge is 2.25. The van der Waals surface area contributed by atoms with Crippen molar-refractivity contribution in [2.24, 2.45) is 0 Å². The van der Waals surface area contributed by atoms with Gasteiger partial charge in [0.15, 0.2) is 0 Å². The minimum atomic E-state index is -0.241. The third-order valence-electron chi connectivity index (χ3n) is 4.73. The maximum atomic E-state index is 12.6. The number of hydrogen-bond acceptors (Lipinski definition) is 2. The van der Waals surface area contributed by atoms with E-state index in [1.165, 1.54) is 0 Å². The van der Waals surface area contributed by atoms with Crippen molar-refractivity contribution in [2.45, 2.75) is 38.8 Å². The van der Waals surface area contributed by atoms with Gasteiger partial charge in [-0.15, -0.1) is 5.92 Å². The van der Waals surface area contributed by atoms with Gasteiger partial charge in [0.25, 0.3) is 0 Å². The molecule has 4 nitrogen and oxygen atoms in total. The summed E-state index contributed by atoms with van der Waals surface area (Å²) < 4.78 is 0. The highest BCUT2D eigenvalue weighted by molar-refractivity contribution is 6.43. The van der Waals surface area contributed by atoms with Gasteiger partial charge >= 0.3 is 6.03 Å². The Morgan fingerprint density at radius 1 is 1.32 bits per heavy atom. The molecule has 0 saturated carbocycles. The van der Waals surface area contributed by atoms with Crippen molar-refractivity contribution in [1.82, 2.24) is 15.1 Å². The molecule has 136 valence electrons. The van der Waals surface area contributed by atoms with Crippen LogP contribution in [0.1, 0.15) is 43.9 Å². The summed E-state index contributed by atoms with van der Waals surface area (Å²) in [4.78, 5) is 16.7. The van der Waals surface area contributed by atoms with Crippen LogP contribution in [0.4, 0.5) is 4.79 Å². The van der Waals surface area contributed by atoms with Gasteiger partial charge in [0.05, 0.1) is 16.1 Å². The van der Waals surface area contributed by atoms with Gasteiger partial charge in [-0.3, -0.25) is 0 Å². The lowest BCUT2D eigenvalue weighted by Gasteiger charge is -2.35. The number of carbonyl (C=O) groups excluding carboxylic acids is 1. The number of rotatable bonds is 3. The maximum absolute atomic E-state index is 12.6. The Morgan fingerprint density at radius 3 is 2.56 bits per heavy atom. The monoisotopic (exact) mass is 381 g/mol. The highest BCUT2D eigenvalue weighted by Crippen LogP contribution is 2.32. The van der Waals surface area contributed by atoms with Gasteiger partial charge in [0.1, 0.15) is 0 Å². The molecule has 1 atom stereocenters. The van der Waals surface area contributed by atoms with E-state index in [0.717, 1.165) is 31.5 Å². The minimum Gasteiger partial charge on any atom is -0.331 e. The van der Waals surface area contributed by atoms with Crippen LogP contribution in [0.3, 0.4) is 0 Å². The van der Waals surface area contributed by atoms with Gasteiger partial charge in [0.2, 0.25) is 0 Å². The summed E-state index contributed by atoms with van der Waals surface area (Å²) in [6.45, 7) is 5.68. The molecular formula is C19H25Cl2N3O. The molecule has 1 fully saturated rings. The standard InChI is InChI=1S/C19H25Cl2N3O/c1-5-6-14-7-8-16(18(21)17(14)20)13(2)22-19(25)24(4)15-9-11-23(3)12-10-15/h7-8,13,15H,9-12H2,1-4H3,(H,22,25). The number of piperidine rings is 1. The Labute approximate surface area is 160 Å². The maximum Gasteiger partial charge on any atom is 0.317 e. The van der Waals surface area contributed by atoms with E-state index < -0.39 is 0 Å². The Morgan fingerprint density at radius 2 is 1.96 bits per heavy atom. The van der Waals surface area contributed by atoms with Crippen LogP contribution >= 0.6 is 23.2 Å². The average Bonchev–Trinajstić information content (AvgIpc) is 2.59. The van der Waals surface area contributed by atoms with E-state index in [9.17, 15) is 4.79 Å². The number of likely N-dealkylation sites (tertiary alicyclic amines) is 1. The van der Waals surface area contributed by atoms with E-state index in [2.05, 4.69) is 29.1 Å². The van der Waals surface area contributed by atoms with Crippen LogP contribution in [0.15, 0.2) is 12.1 Å². The number of carbonyl (C=O) groups is 1. The number of urea groups is 1. The van der Waals surface area contributed by atoms with Crippen LogP contribution in [0.2, 0.25) is 10.0 Å². The topological polar surface area (TPSA) is 35.6 Å². The van der Waals surface area contributed by atoms with E-state index in [4.69, 9.17) is 23.2 Å². The molecule has 1 aliphatic rings. The Hall–Kier alpha value is -1.41. The van der Waals surface area contributed by atoms with Crippen LogP contribution in [-0.2, 0) is 0 Å². The van der Waals surface area contributed by atoms with E-state index >= 15 is 0 Å². The number of nitrogens with zero attached hydrogens (tertiary/aromatic N) is 2. The van der Waals surface area contributed by atoms with E-state index in [1.54, 1.807) is 11.8 Å². The average molecular weight is 382 g/mol. The number of amides is 2. The number of hydrogen-bond donors (Lipinski definition) is 1. The second kappa shape index (κ2) is 8.80. The summed E-state index contributed by atoms with van der Waals surface area (Å²) in [5, 5.41) is 3.89. The van der Waals surface area contributed by atoms with Crippen LogP contribution in [0, 0.1) is 11.8 Å². The first-order chi connectivity index (χ1) is 11.8. The third kappa shape index (κ3) is 4.82. The SMILES string of the molecule is CC#Cc1ccc(C(C)NC(=O)N(C)C2CCN(C)CC2)c(Cl)c1Cl. The minimum absolute atomic E-state index is 0.0910. The molecule has 2 amide bonds. The lowest BCUT2D eigenvalue weighted by Crippen LogP contribution is -2.48. The number of halogens is 2. The summed E-state index contributed by atoms with van der Waals surface area (Å²) in [7, 11) is 3.96. The van der Waals surface area contributed by atoms with Crippen molar-refractivity contribution in [3.8, 4) is 11.8 Å². The smallest absolute Gasteiger partial charge is 0.317 e. The van der Waals surface area contributed by atoms with Gasteiger partial charge < -0.3 is 15.1 Å². The molecule has 1 aromatic carbocycles. The van der Waals surface area contributed by atoms with Gasteiger partial charge in [-0.05, 0) is 58.5 Å². The number of nitrogens with one attached hydrogen (secondary N) is 1. The summed E-state index contributed by atoms with van der Waals surface area (Å²) in [6.07, 6.45) is 1.98. The fraction of sp³-hybridized carbons (Fsp3) is 0.526. The zero-order valence-corrected chi connectivity index (χ0v) is 16.7. The molecule has 0 aromatic heterocycles. The molecule has 1 heterocycles. The van der Waals surface area contributed by atoms with Crippen LogP contribution in [-0.4, -0.2) is 49.1 Å². The van der Waals surface area contributed by atoms with Crippen LogP contribution < -0.4 is 5.32 Å². The van der Waals surface area contributed by atoms with E-state index in [1.807, 2.05) is 26.1 Å². The highest BCUT2D eigenvalue weighted by atomic mass is 35.5. The molecule has 0 aliphatic carbocycles. The summed E-state index contributed by atoms with van der Waals surface area (Å²) in [6, 6.07) is 3.64. The lowest BCUT2D eigenvalue weighted by atomic mass is 10.0. The molecule has 6 heteroatoms. The van der Waals surface area contributed by atoms with Crippen molar-refractivity contribution < 1.29 is 4.79 Å². The fourth-order valence-corrected chi connectivity index (χ4v) is 3.59. The van der Waals surface area contributed by atoms with Crippen LogP contribution in [0.5, 0.6) is 0 Å². The molecular weight excluding hydrogens is 357 g/mol. The third-order valence-corrected chi connectivity index (χ3v) is 5.63. The second-order valence-corrected chi connectivity index (χ2v) is 7.28. The summed E-state index contributed by atoms with van der Waals surface area (Å²) in [5.41, 5.74) is 1.48. The molecule has 25 heavy (non-hydrogen) atoms. The molecule has 1 unspecified atom stereocenters. The first-order valence-corrected chi connectivity index (χ1v) is 9.23. The zero-order valence-electron chi connectivity index (χ0n) is 15.2. The van der Waals surface area contributed by atoms with Gasteiger partial charge in [-0.25, -0.2) is 4.79 Å². The number of benzene rings is 1. The molecule has 1 N–H and O–H groups in total. The lowest BCUT2D eigenvalue weighted by molar-refractivity contribution is 0.146. The molecule has 2 rings (SSSR count). The van der Waals surface area contributed by atoms with Crippen molar-refractivity contribution in [1.29, 1.82) is 0 Å². The first kappa shape index (κ1) is 19.9. The molecule has 1 aromatic rings. The molecule has 1 saturated heterocycles. The van der Waals surface area contributed by atoms with Crippen molar-refractivity contribution >= 4 is 29.2 Å². The fourth-order valence-electron chi connectivity index (χ4n) is 3.04. The van der Waals surface area contributed by atoms with Crippen molar-refractivity contribution in [3.63, 3.8) is 0 Å². The zero-order chi connectivity index (χ0) is 18.6. The Bertz CT molecular complexity index is 688. The largest absolute Gasteiger partial charge is 0.331 e. The van der Waals surface area contributed by atoms with E-state index in [-0.39, 0.29) is 18.1 Å².